The van der Waals surface area contributed by atoms with Gasteiger partial charge in [-0.2, -0.15) is 0 Å². The van der Waals surface area contributed by atoms with E-state index in [4.69, 9.17) is 4.74 Å². The summed E-state index contributed by atoms with van der Waals surface area (Å²) in [5.41, 5.74) is 0.904. The number of aliphatic hydroxyl groups is 1. The van der Waals surface area contributed by atoms with E-state index in [2.05, 4.69) is 5.32 Å². The number of amides is 1. The number of carbonyl (C=O) groups excluding carboxylic acids is 1. The van der Waals surface area contributed by atoms with Crippen LogP contribution in [0.1, 0.15) is 30.6 Å². The van der Waals surface area contributed by atoms with Crippen LogP contribution in [-0.2, 0) is 11.3 Å². The number of hydrogen-bond donors (Lipinski definition) is 2. The minimum atomic E-state index is -1.10. The summed E-state index contributed by atoms with van der Waals surface area (Å²) < 4.78 is 31.9. The molecule has 6 heteroatoms. The van der Waals surface area contributed by atoms with E-state index in [0.29, 0.717) is 17.7 Å². The number of hydrogen-bond acceptors (Lipinski definition) is 3. The molecule has 2 aromatic rings. The molecular weight excluding hydrogens is 316 g/mol. The largest absolute Gasteiger partial charge is 0.491 e. The molecule has 4 nitrogen and oxygen atoms in total. The molecule has 0 aliphatic rings. The lowest BCUT2D eigenvalue weighted by Gasteiger charge is -2.12. The first kappa shape index (κ1) is 17.9. The first-order valence-electron chi connectivity index (χ1n) is 7.61. The van der Waals surface area contributed by atoms with Crippen LogP contribution in [0.2, 0.25) is 0 Å². The Kier molecular flexibility index (Phi) is 6.26. The van der Waals surface area contributed by atoms with Crippen LogP contribution in [0.4, 0.5) is 8.78 Å². The Morgan fingerprint density at radius 1 is 1.25 bits per heavy atom. The number of aliphatic hydroxyl groups excluding tert-OH is 1. The molecule has 0 aliphatic carbocycles. The summed E-state index contributed by atoms with van der Waals surface area (Å²) >= 11 is 0. The molecule has 1 unspecified atom stereocenters. The van der Waals surface area contributed by atoms with E-state index in [1.165, 1.54) is 30.3 Å². The fourth-order valence-electron chi connectivity index (χ4n) is 2.21. The second-order valence-electron chi connectivity index (χ2n) is 5.25. The van der Waals surface area contributed by atoms with Gasteiger partial charge in [0.15, 0.2) is 11.6 Å². The van der Waals surface area contributed by atoms with Crippen molar-refractivity contribution in [2.75, 3.05) is 6.61 Å². The van der Waals surface area contributed by atoms with Gasteiger partial charge in [0.25, 0.3) is 0 Å². The molecule has 0 saturated carbocycles. The highest BCUT2D eigenvalue weighted by Crippen LogP contribution is 2.19. The van der Waals surface area contributed by atoms with Gasteiger partial charge in [-0.05, 0) is 42.3 Å². The molecule has 0 aromatic heterocycles. The highest BCUT2D eigenvalue weighted by atomic mass is 19.1. The Hall–Kier alpha value is -2.47. The van der Waals surface area contributed by atoms with Crippen LogP contribution in [0.15, 0.2) is 42.5 Å². The SMILES string of the molecule is CCOc1ccc(CNC(=O)CC(O)c2cccc(F)c2)cc1F. The van der Waals surface area contributed by atoms with Crippen LogP contribution in [0.3, 0.4) is 0 Å². The molecule has 128 valence electrons. The fraction of sp³-hybridized carbons (Fsp3) is 0.278. The van der Waals surface area contributed by atoms with Crippen molar-refractivity contribution in [2.45, 2.75) is 26.0 Å². The zero-order valence-electron chi connectivity index (χ0n) is 13.3. The first-order chi connectivity index (χ1) is 11.5. The van der Waals surface area contributed by atoms with E-state index in [-0.39, 0.29) is 18.7 Å². The van der Waals surface area contributed by atoms with Crippen LogP contribution in [0.25, 0.3) is 0 Å². The van der Waals surface area contributed by atoms with Gasteiger partial charge in [0.2, 0.25) is 5.91 Å². The summed E-state index contributed by atoms with van der Waals surface area (Å²) in [6.07, 6.45) is -1.30. The third kappa shape index (κ3) is 5.03. The van der Waals surface area contributed by atoms with Gasteiger partial charge in [0.05, 0.1) is 19.1 Å². The van der Waals surface area contributed by atoms with E-state index in [9.17, 15) is 18.7 Å². The summed E-state index contributed by atoms with van der Waals surface area (Å²) in [7, 11) is 0. The van der Waals surface area contributed by atoms with E-state index in [0.717, 1.165) is 0 Å². The number of nitrogens with one attached hydrogen (secondary N) is 1. The van der Waals surface area contributed by atoms with Crippen molar-refractivity contribution in [3.63, 3.8) is 0 Å². The van der Waals surface area contributed by atoms with Crippen molar-refractivity contribution in [1.82, 2.24) is 5.32 Å². The van der Waals surface area contributed by atoms with Crippen molar-refractivity contribution in [2.24, 2.45) is 0 Å². The maximum absolute atomic E-state index is 13.7. The molecule has 2 rings (SSSR count). The van der Waals surface area contributed by atoms with Gasteiger partial charge < -0.3 is 15.2 Å². The lowest BCUT2D eigenvalue weighted by molar-refractivity contribution is -0.123. The fourth-order valence-corrected chi connectivity index (χ4v) is 2.21. The Balaban J connectivity index is 1.88. The number of carbonyl (C=O) groups is 1. The minimum Gasteiger partial charge on any atom is -0.491 e. The van der Waals surface area contributed by atoms with E-state index in [1.807, 2.05) is 0 Å². The van der Waals surface area contributed by atoms with Crippen LogP contribution < -0.4 is 10.1 Å². The van der Waals surface area contributed by atoms with E-state index in [1.54, 1.807) is 19.1 Å². The zero-order valence-corrected chi connectivity index (χ0v) is 13.3. The quantitative estimate of drug-likeness (QED) is 0.817. The van der Waals surface area contributed by atoms with Gasteiger partial charge in [0, 0.05) is 6.54 Å². The van der Waals surface area contributed by atoms with Gasteiger partial charge in [-0.3, -0.25) is 4.79 Å². The number of ether oxygens (including phenoxy) is 1. The van der Waals surface area contributed by atoms with Crippen molar-refractivity contribution in [3.05, 3.63) is 65.2 Å². The highest BCUT2D eigenvalue weighted by molar-refractivity contribution is 5.76. The number of benzene rings is 2. The maximum Gasteiger partial charge on any atom is 0.223 e. The van der Waals surface area contributed by atoms with Crippen LogP contribution in [0, 0.1) is 11.6 Å². The molecule has 0 heterocycles. The predicted octanol–water partition coefficient (Wildman–Crippen LogP) is 3.10. The normalized spacial score (nSPS) is 11.8. The van der Waals surface area contributed by atoms with Crippen LogP contribution in [-0.4, -0.2) is 17.6 Å². The first-order valence-corrected chi connectivity index (χ1v) is 7.61. The smallest absolute Gasteiger partial charge is 0.223 e. The Morgan fingerprint density at radius 2 is 2.04 bits per heavy atom. The average molecular weight is 335 g/mol. The molecule has 2 aromatic carbocycles. The van der Waals surface area contributed by atoms with Gasteiger partial charge in [-0.15, -0.1) is 0 Å². The third-order valence-corrected chi connectivity index (χ3v) is 3.40. The molecule has 0 fully saturated rings. The second-order valence-corrected chi connectivity index (χ2v) is 5.25. The number of rotatable bonds is 7. The Morgan fingerprint density at radius 3 is 2.71 bits per heavy atom. The monoisotopic (exact) mass is 335 g/mol. The number of halogens is 2. The lowest BCUT2D eigenvalue weighted by Crippen LogP contribution is -2.24. The van der Waals surface area contributed by atoms with Gasteiger partial charge in [0.1, 0.15) is 5.82 Å². The summed E-state index contributed by atoms with van der Waals surface area (Å²) in [6.45, 7) is 2.25. The third-order valence-electron chi connectivity index (χ3n) is 3.40. The molecule has 0 bridgehead atoms. The van der Waals surface area contributed by atoms with Crippen molar-refractivity contribution in [1.29, 1.82) is 0 Å². The highest BCUT2D eigenvalue weighted by Gasteiger charge is 2.14. The zero-order chi connectivity index (χ0) is 17.5. The second kappa shape index (κ2) is 8.40. The van der Waals surface area contributed by atoms with Gasteiger partial charge in [-0.1, -0.05) is 18.2 Å². The molecular formula is C18H19F2NO3. The summed E-state index contributed by atoms with van der Waals surface area (Å²) in [5, 5.41) is 12.5. The molecule has 24 heavy (non-hydrogen) atoms. The standard InChI is InChI=1S/C18H19F2NO3/c1-2-24-17-7-6-12(8-15(17)20)11-21-18(23)10-16(22)13-4-3-5-14(19)9-13/h3-9,16,22H,2,10-11H2,1H3,(H,21,23). The van der Waals surface area contributed by atoms with Crippen molar-refractivity contribution in [3.8, 4) is 5.75 Å². The summed E-state index contributed by atoms with van der Waals surface area (Å²) in [5.74, 6) is -1.23. The topological polar surface area (TPSA) is 58.6 Å². The van der Waals surface area contributed by atoms with E-state index < -0.39 is 23.6 Å². The molecule has 0 radical (unpaired) electrons. The predicted molar refractivity (Wildman–Crippen MR) is 85.4 cm³/mol. The minimum absolute atomic E-state index is 0.123. The molecule has 1 amide bonds. The van der Waals surface area contributed by atoms with Crippen LogP contribution >= 0.6 is 0 Å². The Labute approximate surface area is 139 Å². The molecule has 0 saturated heterocycles. The summed E-state index contributed by atoms with van der Waals surface area (Å²) in [6, 6.07) is 9.89. The van der Waals surface area contributed by atoms with Crippen LogP contribution in [0.5, 0.6) is 5.75 Å². The Bertz CT molecular complexity index is 706. The van der Waals surface area contributed by atoms with E-state index >= 15 is 0 Å². The lowest BCUT2D eigenvalue weighted by atomic mass is 10.1. The van der Waals surface area contributed by atoms with Gasteiger partial charge in [-0.25, -0.2) is 8.78 Å². The maximum atomic E-state index is 13.7. The molecule has 2 N–H and O–H groups in total. The van der Waals surface area contributed by atoms with Crippen molar-refractivity contribution < 1.29 is 23.4 Å². The van der Waals surface area contributed by atoms with Gasteiger partial charge >= 0.3 is 0 Å². The molecule has 1 atom stereocenters. The molecule has 0 spiro atoms. The summed E-state index contributed by atoms with van der Waals surface area (Å²) in [4.78, 5) is 11.9. The molecule has 0 aliphatic heterocycles. The van der Waals surface area contributed by atoms with Crippen molar-refractivity contribution >= 4 is 5.91 Å². The average Bonchev–Trinajstić information content (AvgIpc) is 2.55.